The maximum Gasteiger partial charge on any atom is 0.248 e. The lowest BCUT2D eigenvalue weighted by Gasteiger charge is -2.14. The number of carbonyl (C=O) groups excluding carboxylic acids is 1. The van der Waals surface area contributed by atoms with Crippen molar-refractivity contribution in [2.75, 3.05) is 0 Å². The zero-order valence-electron chi connectivity index (χ0n) is 11.1. The zero-order valence-corrected chi connectivity index (χ0v) is 11.1. The zero-order chi connectivity index (χ0) is 14.5. The van der Waals surface area contributed by atoms with Gasteiger partial charge in [0.15, 0.2) is 0 Å². The molecule has 0 aliphatic carbocycles. The van der Waals surface area contributed by atoms with Crippen LogP contribution in [0.1, 0.15) is 34.6 Å². The number of rotatable bonds is 5. The molecule has 104 valence electrons. The molecule has 0 aliphatic rings. The van der Waals surface area contributed by atoms with Crippen molar-refractivity contribution in [2.45, 2.75) is 19.5 Å². The van der Waals surface area contributed by atoms with Crippen LogP contribution in [-0.2, 0) is 6.54 Å². The minimum Gasteiger partial charge on any atom is -0.366 e. The largest absolute Gasteiger partial charge is 0.366 e. The summed E-state index contributed by atoms with van der Waals surface area (Å²) in [5.41, 5.74) is 6.77. The number of hydrogen-bond donors (Lipinski definition) is 2. The van der Waals surface area contributed by atoms with Gasteiger partial charge in [0.1, 0.15) is 5.82 Å². The van der Waals surface area contributed by atoms with Crippen molar-refractivity contribution in [3.05, 3.63) is 65.2 Å². The van der Waals surface area contributed by atoms with Crippen LogP contribution in [0.2, 0.25) is 0 Å². The Kier molecular flexibility index (Phi) is 4.42. The summed E-state index contributed by atoms with van der Waals surface area (Å²) in [5, 5.41) is 3.17. The third-order valence-electron chi connectivity index (χ3n) is 3.06. The van der Waals surface area contributed by atoms with E-state index < -0.39 is 5.91 Å². The van der Waals surface area contributed by atoms with Gasteiger partial charge in [-0.25, -0.2) is 4.39 Å². The molecule has 0 saturated heterocycles. The maximum absolute atomic E-state index is 13.7. The van der Waals surface area contributed by atoms with Gasteiger partial charge in [-0.1, -0.05) is 6.07 Å². The Labute approximate surface area is 116 Å². The van der Waals surface area contributed by atoms with Crippen LogP contribution in [0.5, 0.6) is 0 Å². The first-order chi connectivity index (χ1) is 9.58. The molecule has 20 heavy (non-hydrogen) atoms. The van der Waals surface area contributed by atoms with Gasteiger partial charge in [0, 0.05) is 29.9 Å². The van der Waals surface area contributed by atoms with E-state index in [0.717, 1.165) is 5.69 Å². The Bertz CT molecular complexity index is 601. The van der Waals surface area contributed by atoms with Crippen LogP contribution in [-0.4, -0.2) is 10.9 Å². The summed E-state index contributed by atoms with van der Waals surface area (Å²) in [6.07, 6.45) is 1.71. The lowest BCUT2D eigenvalue weighted by atomic mass is 10.1. The first kappa shape index (κ1) is 14.1. The highest BCUT2D eigenvalue weighted by Gasteiger charge is 2.10. The molecule has 4 nitrogen and oxygen atoms in total. The normalized spacial score (nSPS) is 12.1. The summed E-state index contributed by atoms with van der Waals surface area (Å²) in [6, 6.07) is 9.71. The van der Waals surface area contributed by atoms with Crippen molar-refractivity contribution in [3.63, 3.8) is 0 Å². The lowest BCUT2D eigenvalue weighted by molar-refractivity contribution is 0.1000. The van der Waals surface area contributed by atoms with Crippen molar-refractivity contribution >= 4 is 5.91 Å². The molecule has 2 rings (SSSR count). The molecule has 1 aromatic heterocycles. The van der Waals surface area contributed by atoms with Gasteiger partial charge in [0.05, 0.1) is 5.69 Å². The number of nitrogens with zero attached hydrogens (tertiary/aromatic N) is 1. The minimum atomic E-state index is -0.566. The molecule has 0 spiro atoms. The quantitative estimate of drug-likeness (QED) is 0.877. The SMILES string of the molecule is C[C@H](NCc1cc(C(N)=O)ccc1F)c1ccccn1. The van der Waals surface area contributed by atoms with Crippen molar-refractivity contribution < 1.29 is 9.18 Å². The number of benzene rings is 1. The Morgan fingerprint density at radius 1 is 1.40 bits per heavy atom. The highest BCUT2D eigenvalue weighted by molar-refractivity contribution is 5.92. The fourth-order valence-corrected chi connectivity index (χ4v) is 1.86. The van der Waals surface area contributed by atoms with Crippen molar-refractivity contribution in [3.8, 4) is 0 Å². The topological polar surface area (TPSA) is 68.0 Å². The van der Waals surface area contributed by atoms with E-state index in [-0.39, 0.29) is 11.9 Å². The molecule has 0 fully saturated rings. The van der Waals surface area contributed by atoms with Crippen LogP contribution in [0.15, 0.2) is 42.6 Å². The fourth-order valence-electron chi connectivity index (χ4n) is 1.86. The second-order valence-electron chi connectivity index (χ2n) is 4.53. The maximum atomic E-state index is 13.7. The molecule has 0 saturated carbocycles. The van der Waals surface area contributed by atoms with Crippen LogP contribution in [0.4, 0.5) is 4.39 Å². The third-order valence-corrected chi connectivity index (χ3v) is 3.06. The first-order valence-electron chi connectivity index (χ1n) is 6.30. The molecule has 3 N–H and O–H groups in total. The van der Waals surface area contributed by atoms with Gasteiger partial charge in [-0.3, -0.25) is 9.78 Å². The Balaban J connectivity index is 2.07. The minimum absolute atomic E-state index is 0.0205. The highest BCUT2D eigenvalue weighted by atomic mass is 19.1. The average molecular weight is 273 g/mol. The molecule has 0 aliphatic heterocycles. The second kappa shape index (κ2) is 6.25. The van der Waals surface area contributed by atoms with Gasteiger partial charge < -0.3 is 11.1 Å². The van der Waals surface area contributed by atoms with Crippen molar-refractivity contribution in [2.24, 2.45) is 5.73 Å². The molecule has 1 heterocycles. The van der Waals surface area contributed by atoms with E-state index in [4.69, 9.17) is 5.73 Å². The summed E-state index contributed by atoms with van der Waals surface area (Å²) in [5.74, 6) is -0.931. The molecular weight excluding hydrogens is 257 g/mol. The number of amides is 1. The van der Waals surface area contributed by atoms with Crippen LogP contribution in [0, 0.1) is 5.82 Å². The monoisotopic (exact) mass is 273 g/mol. The standard InChI is InChI=1S/C15H16FN3O/c1-10(14-4-2-3-7-18-14)19-9-12-8-11(15(17)20)5-6-13(12)16/h2-8,10,19H,9H2,1H3,(H2,17,20)/t10-/m0/s1. The molecule has 5 heteroatoms. The molecule has 1 atom stereocenters. The summed E-state index contributed by atoms with van der Waals surface area (Å²) < 4.78 is 13.7. The number of nitrogens with one attached hydrogen (secondary N) is 1. The third kappa shape index (κ3) is 3.39. The summed E-state index contributed by atoms with van der Waals surface area (Å²) in [4.78, 5) is 15.3. The van der Waals surface area contributed by atoms with E-state index in [1.165, 1.54) is 18.2 Å². The second-order valence-corrected chi connectivity index (χ2v) is 4.53. The number of nitrogens with two attached hydrogens (primary N) is 1. The lowest BCUT2D eigenvalue weighted by Crippen LogP contribution is -2.20. The predicted octanol–water partition coefficient (Wildman–Crippen LogP) is 2.17. The summed E-state index contributed by atoms with van der Waals surface area (Å²) in [6.45, 7) is 2.24. The molecule has 0 unspecified atom stereocenters. The predicted molar refractivity (Wildman–Crippen MR) is 74.4 cm³/mol. The highest BCUT2D eigenvalue weighted by Crippen LogP contribution is 2.13. The average Bonchev–Trinajstić information content (AvgIpc) is 2.46. The number of halogens is 1. The first-order valence-corrected chi connectivity index (χ1v) is 6.30. The number of pyridine rings is 1. The molecule has 0 bridgehead atoms. The number of aromatic nitrogens is 1. The molecule has 1 aromatic carbocycles. The van der Waals surface area contributed by atoms with E-state index in [9.17, 15) is 9.18 Å². The molecular formula is C15H16FN3O. The Morgan fingerprint density at radius 3 is 2.85 bits per heavy atom. The Hall–Kier alpha value is -2.27. The van der Waals surface area contributed by atoms with E-state index >= 15 is 0 Å². The van der Waals surface area contributed by atoms with E-state index in [2.05, 4.69) is 10.3 Å². The van der Waals surface area contributed by atoms with Crippen LogP contribution in [0.25, 0.3) is 0 Å². The summed E-state index contributed by atoms with van der Waals surface area (Å²) in [7, 11) is 0. The van der Waals surface area contributed by atoms with Crippen molar-refractivity contribution in [1.29, 1.82) is 0 Å². The smallest absolute Gasteiger partial charge is 0.248 e. The van der Waals surface area contributed by atoms with Gasteiger partial charge in [0.25, 0.3) is 0 Å². The number of primary amides is 1. The summed E-state index contributed by atoms with van der Waals surface area (Å²) >= 11 is 0. The van der Waals surface area contributed by atoms with Crippen molar-refractivity contribution in [1.82, 2.24) is 10.3 Å². The molecule has 1 amide bonds. The van der Waals surface area contributed by atoms with E-state index in [1.807, 2.05) is 25.1 Å². The molecule has 2 aromatic rings. The van der Waals surface area contributed by atoms with Gasteiger partial charge in [0.2, 0.25) is 5.91 Å². The van der Waals surface area contributed by atoms with Crippen LogP contribution in [0.3, 0.4) is 0 Å². The fraction of sp³-hybridized carbons (Fsp3) is 0.200. The van der Waals surface area contributed by atoms with Gasteiger partial charge in [-0.15, -0.1) is 0 Å². The van der Waals surface area contributed by atoms with E-state index in [0.29, 0.717) is 17.7 Å². The van der Waals surface area contributed by atoms with Gasteiger partial charge in [-0.2, -0.15) is 0 Å². The molecule has 0 radical (unpaired) electrons. The van der Waals surface area contributed by atoms with Crippen LogP contribution < -0.4 is 11.1 Å². The number of hydrogen-bond acceptors (Lipinski definition) is 3. The van der Waals surface area contributed by atoms with E-state index in [1.54, 1.807) is 6.20 Å². The van der Waals surface area contributed by atoms with Gasteiger partial charge >= 0.3 is 0 Å². The van der Waals surface area contributed by atoms with Crippen LogP contribution >= 0.6 is 0 Å². The number of carbonyl (C=O) groups is 1. The van der Waals surface area contributed by atoms with Gasteiger partial charge in [-0.05, 0) is 37.3 Å². The Morgan fingerprint density at radius 2 is 2.20 bits per heavy atom.